The fourth-order valence-corrected chi connectivity index (χ4v) is 3.50. The van der Waals surface area contributed by atoms with Crippen LogP contribution < -0.4 is 5.32 Å². The minimum Gasteiger partial charge on any atom is -0.305 e. The minimum atomic E-state index is -0.219. The van der Waals surface area contributed by atoms with Gasteiger partial charge in [-0.2, -0.15) is 10.2 Å². The lowest BCUT2D eigenvalue weighted by Crippen LogP contribution is -2.14. The van der Waals surface area contributed by atoms with E-state index in [-0.39, 0.29) is 11.9 Å². The average Bonchev–Trinajstić information content (AvgIpc) is 3.32. The van der Waals surface area contributed by atoms with Gasteiger partial charge in [0.25, 0.3) is 5.91 Å². The third-order valence-electron chi connectivity index (χ3n) is 5.15. The number of amides is 1. The molecule has 154 valence electrons. The van der Waals surface area contributed by atoms with Crippen molar-refractivity contribution >= 4 is 22.8 Å². The maximum Gasteiger partial charge on any atom is 0.257 e. The van der Waals surface area contributed by atoms with Gasteiger partial charge in [0.05, 0.1) is 22.3 Å². The number of aromatic nitrogens is 5. The first-order valence-electron chi connectivity index (χ1n) is 10.2. The Balaban J connectivity index is 1.82. The van der Waals surface area contributed by atoms with Gasteiger partial charge in [0.1, 0.15) is 0 Å². The predicted octanol–water partition coefficient (Wildman–Crippen LogP) is 4.76. The topological polar surface area (TPSA) is 77.6 Å². The number of anilines is 1. The highest BCUT2D eigenvalue weighted by Crippen LogP contribution is 2.28. The Labute approximate surface area is 175 Å². The summed E-state index contributed by atoms with van der Waals surface area (Å²) in [5, 5.41) is 12.7. The van der Waals surface area contributed by atoms with E-state index in [2.05, 4.69) is 15.5 Å². The van der Waals surface area contributed by atoms with Crippen LogP contribution in [0.25, 0.3) is 22.3 Å². The highest BCUT2D eigenvalue weighted by molar-refractivity contribution is 6.13. The van der Waals surface area contributed by atoms with Gasteiger partial charge in [0.15, 0.2) is 11.5 Å². The lowest BCUT2D eigenvalue weighted by molar-refractivity contribution is 0.102. The van der Waals surface area contributed by atoms with Crippen LogP contribution in [-0.4, -0.2) is 30.5 Å². The first kappa shape index (κ1) is 19.8. The number of hydrogen-bond donors (Lipinski definition) is 1. The zero-order valence-electron chi connectivity index (χ0n) is 18.0. The smallest absolute Gasteiger partial charge is 0.257 e. The van der Waals surface area contributed by atoms with Crippen molar-refractivity contribution in [2.75, 3.05) is 5.32 Å². The minimum absolute atomic E-state index is 0.219. The number of hydrogen-bond acceptors (Lipinski definition) is 4. The molecular formula is C23H26N6O. The van der Waals surface area contributed by atoms with Crippen LogP contribution in [0.15, 0.2) is 42.6 Å². The van der Waals surface area contributed by atoms with Crippen molar-refractivity contribution < 1.29 is 4.79 Å². The summed E-state index contributed by atoms with van der Waals surface area (Å²) in [6.45, 7) is 10.7. The molecule has 0 unspecified atom stereocenters. The van der Waals surface area contributed by atoms with Gasteiger partial charge in [-0.1, -0.05) is 29.8 Å². The molecule has 0 radical (unpaired) electrons. The molecule has 4 rings (SSSR count). The largest absolute Gasteiger partial charge is 0.305 e. The molecule has 3 aromatic heterocycles. The number of rotatable bonds is 5. The lowest BCUT2D eigenvalue weighted by Gasteiger charge is -2.09. The number of nitrogens with one attached hydrogen (secondary N) is 1. The van der Waals surface area contributed by atoms with Crippen LogP contribution in [0.2, 0.25) is 0 Å². The van der Waals surface area contributed by atoms with E-state index in [1.807, 2.05) is 80.5 Å². The predicted molar refractivity (Wildman–Crippen MR) is 119 cm³/mol. The van der Waals surface area contributed by atoms with E-state index in [0.717, 1.165) is 22.3 Å². The van der Waals surface area contributed by atoms with Crippen LogP contribution in [0.3, 0.4) is 0 Å². The first-order valence-corrected chi connectivity index (χ1v) is 10.2. The van der Waals surface area contributed by atoms with Crippen molar-refractivity contribution in [1.82, 2.24) is 24.5 Å². The van der Waals surface area contributed by atoms with Crippen LogP contribution in [0.1, 0.15) is 48.4 Å². The quantitative estimate of drug-likeness (QED) is 0.522. The molecule has 0 bridgehead atoms. The molecule has 0 atom stereocenters. The Hall–Kier alpha value is -3.48. The number of pyridine rings is 1. The van der Waals surface area contributed by atoms with Gasteiger partial charge in [-0.05, 0) is 40.7 Å². The van der Waals surface area contributed by atoms with Crippen molar-refractivity contribution in [2.24, 2.45) is 0 Å². The van der Waals surface area contributed by atoms with Crippen LogP contribution in [0.5, 0.6) is 0 Å². The Morgan fingerprint density at radius 3 is 2.47 bits per heavy atom. The zero-order chi connectivity index (χ0) is 21.4. The fourth-order valence-electron chi connectivity index (χ4n) is 3.50. The van der Waals surface area contributed by atoms with Crippen LogP contribution >= 0.6 is 0 Å². The standard InChI is InChI=1S/C23H26N6O/c1-6-28-22-21(16(5)26-28)18(13-19(24-22)17-9-7-15(4)8-10-17)23(30)25-20-11-12-29(27-20)14(2)3/h7-14H,6H2,1-5H3,(H,25,27,30). The summed E-state index contributed by atoms with van der Waals surface area (Å²) in [5.74, 6) is 0.305. The van der Waals surface area contributed by atoms with Gasteiger partial charge in [0, 0.05) is 30.4 Å². The molecule has 3 heterocycles. The highest BCUT2D eigenvalue weighted by atomic mass is 16.1. The second kappa shape index (κ2) is 7.74. The van der Waals surface area contributed by atoms with E-state index in [1.165, 1.54) is 5.56 Å². The Bertz CT molecular complexity index is 1220. The van der Waals surface area contributed by atoms with Gasteiger partial charge < -0.3 is 5.32 Å². The molecule has 0 spiro atoms. The molecule has 0 fully saturated rings. The number of nitrogens with zero attached hydrogens (tertiary/aromatic N) is 5. The average molecular weight is 403 g/mol. The summed E-state index contributed by atoms with van der Waals surface area (Å²) in [5.41, 5.74) is 4.93. The second-order valence-electron chi connectivity index (χ2n) is 7.75. The maximum atomic E-state index is 13.3. The molecule has 7 nitrogen and oxygen atoms in total. The monoisotopic (exact) mass is 402 g/mol. The van der Waals surface area contributed by atoms with E-state index in [9.17, 15) is 4.79 Å². The summed E-state index contributed by atoms with van der Waals surface area (Å²) in [7, 11) is 0. The second-order valence-corrected chi connectivity index (χ2v) is 7.75. The molecule has 1 N–H and O–H groups in total. The molecule has 1 amide bonds. The maximum absolute atomic E-state index is 13.3. The number of benzene rings is 1. The van der Waals surface area contributed by atoms with Crippen molar-refractivity contribution in [1.29, 1.82) is 0 Å². The molecule has 0 saturated heterocycles. The Morgan fingerprint density at radius 1 is 1.10 bits per heavy atom. The molecule has 0 aliphatic carbocycles. The third-order valence-corrected chi connectivity index (χ3v) is 5.15. The van der Waals surface area contributed by atoms with Gasteiger partial charge in [0.2, 0.25) is 0 Å². The van der Waals surface area contributed by atoms with Crippen molar-refractivity contribution in [3.63, 3.8) is 0 Å². The molecule has 0 aliphatic rings. The van der Waals surface area contributed by atoms with Crippen molar-refractivity contribution in [2.45, 2.75) is 47.2 Å². The van der Waals surface area contributed by atoms with Crippen LogP contribution in [-0.2, 0) is 6.54 Å². The number of carbonyl (C=O) groups excluding carboxylic acids is 1. The fraction of sp³-hybridized carbons (Fsp3) is 0.304. The molecule has 0 saturated carbocycles. The molecular weight excluding hydrogens is 376 g/mol. The molecule has 4 aromatic rings. The lowest BCUT2D eigenvalue weighted by atomic mass is 10.0. The van der Waals surface area contributed by atoms with E-state index < -0.39 is 0 Å². The van der Waals surface area contributed by atoms with Gasteiger partial charge in [-0.15, -0.1) is 0 Å². The summed E-state index contributed by atoms with van der Waals surface area (Å²) < 4.78 is 3.66. The van der Waals surface area contributed by atoms with Gasteiger partial charge in [-0.3, -0.25) is 9.48 Å². The molecule has 0 aliphatic heterocycles. The van der Waals surface area contributed by atoms with E-state index in [1.54, 1.807) is 6.07 Å². The summed E-state index contributed by atoms with van der Waals surface area (Å²) >= 11 is 0. The Morgan fingerprint density at radius 2 is 1.83 bits per heavy atom. The van der Waals surface area contributed by atoms with Crippen molar-refractivity contribution in [3.05, 3.63) is 59.4 Å². The van der Waals surface area contributed by atoms with E-state index >= 15 is 0 Å². The van der Waals surface area contributed by atoms with Crippen LogP contribution in [0.4, 0.5) is 5.82 Å². The third kappa shape index (κ3) is 3.58. The normalized spacial score (nSPS) is 11.4. The van der Waals surface area contributed by atoms with Crippen LogP contribution in [0, 0.1) is 13.8 Å². The molecule has 30 heavy (non-hydrogen) atoms. The number of carbonyl (C=O) groups is 1. The SMILES string of the molecule is CCn1nc(C)c2c(C(=O)Nc3ccn(C(C)C)n3)cc(-c3ccc(C)cc3)nc21. The zero-order valence-corrected chi connectivity index (χ0v) is 18.0. The van der Waals surface area contributed by atoms with E-state index in [0.29, 0.717) is 23.6 Å². The molecule has 7 heteroatoms. The molecule has 1 aromatic carbocycles. The van der Waals surface area contributed by atoms with Crippen molar-refractivity contribution in [3.8, 4) is 11.3 Å². The highest BCUT2D eigenvalue weighted by Gasteiger charge is 2.20. The summed E-state index contributed by atoms with van der Waals surface area (Å²) in [6.07, 6.45) is 1.86. The number of fused-ring (bicyclic) bond motifs is 1. The van der Waals surface area contributed by atoms with Gasteiger partial charge >= 0.3 is 0 Å². The summed E-state index contributed by atoms with van der Waals surface area (Å²) in [4.78, 5) is 18.1. The first-order chi connectivity index (χ1) is 14.4. The van der Waals surface area contributed by atoms with Gasteiger partial charge in [-0.25, -0.2) is 9.67 Å². The summed E-state index contributed by atoms with van der Waals surface area (Å²) in [6, 6.07) is 12.0. The van der Waals surface area contributed by atoms with E-state index in [4.69, 9.17) is 4.98 Å². The number of aryl methyl sites for hydroxylation is 3. The Kier molecular flexibility index (Phi) is 5.11.